The average molecular weight is 1870 g/mol. The van der Waals surface area contributed by atoms with Gasteiger partial charge in [-0.05, 0) is 299 Å². The molecule has 6 N–H and O–H groups in total. The molecule has 4 saturated heterocycles. The minimum Gasteiger partial charge on any atom is -0.480 e. The fourth-order valence-electron chi connectivity index (χ4n) is 20.2. The molecule has 0 spiro atoms. The van der Waals surface area contributed by atoms with Gasteiger partial charge < -0.3 is 69.0 Å². The molecule has 10 heterocycles. The number of benzene rings is 4. The molecular formula is C110H150N10O16. The van der Waals surface area contributed by atoms with Crippen molar-refractivity contribution >= 4 is 35.5 Å². The summed E-state index contributed by atoms with van der Waals surface area (Å²) in [6.45, 7) is 19.9. The first kappa shape index (κ1) is 104. The standard InChI is InChI=1S/2C28H39N3O4.2C27H36N2O4/c2*1-20(2)35-19-22-8-3-4-11-25(22)26(28(32)33)31-16-14-24(18-31)34-17-6-5-10-23-13-12-21-9-7-15-29-27(21)30-23;2*1-32-19-21-9-2-4-11-24(21)26(27(30)31)29-16-15-23(18-29)33-17-7-6-10-22-14-13-20-8-3-5-12-25(20)28-22/h2*3-4,8,11-13,20,24,26H,5-7,9-10,14-19H2,1-2H3,(H,29,30)(H,32,33);2*2,4,9,11,13-14,23,26H,3,5-8,10,12,15-19H2,1H3,(H,30,31)/t24-,26+;24-,26-;23-,26+;23-,26-/m1111/s1. The fourth-order valence-corrected chi connectivity index (χ4v) is 20.2. The third-order valence-corrected chi connectivity index (χ3v) is 27.3. The molecule has 0 saturated carbocycles. The Kier molecular flexibility index (Phi) is 41.8. The lowest BCUT2D eigenvalue weighted by Gasteiger charge is -2.26. The number of likely N-dealkylation sites (tertiary alicyclic amines) is 4. The molecule has 0 amide bonds. The van der Waals surface area contributed by atoms with E-state index in [9.17, 15) is 39.6 Å². The minimum atomic E-state index is -0.824. The molecular weight excluding hydrogens is 1720 g/mol. The molecule has 26 heteroatoms. The van der Waals surface area contributed by atoms with Gasteiger partial charge >= 0.3 is 23.9 Å². The summed E-state index contributed by atoms with van der Waals surface area (Å²) in [5, 5.41) is 46.9. The van der Waals surface area contributed by atoms with Gasteiger partial charge in [0, 0.05) is 140 Å². The van der Waals surface area contributed by atoms with Crippen molar-refractivity contribution in [3.8, 4) is 0 Å². The Morgan fingerprint density at radius 2 is 0.610 bits per heavy atom. The molecule has 736 valence electrons. The second-order valence-electron chi connectivity index (χ2n) is 38.2. The Morgan fingerprint density at radius 3 is 0.904 bits per heavy atom. The molecule has 4 fully saturated rings. The SMILES string of the molecule is CC(C)OCc1ccccc1[C@@H](C(=O)O)N1CC[C@@H](OCCCCc2ccc3c(n2)NCCC3)C1.CC(C)OCc1ccccc1[C@H](C(=O)O)N1CC[C@@H](OCCCCc2ccc3c(n2)NCCC3)C1.COCc1ccccc1[C@@H](C(=O)O)N1CC[C@@H](OCCCCc2ccc3c(n2)CCCC3)C1.COCc1ccccc1[C@H](C(=O)O)N1CC[C@@H](OCCCCc2ccc3c(n2)CCCC3)C1. The number of hydrogen-bond acceptors (Lipinski definition) is 22. The van der Waals surface area contributed by atoms with Crippen LogP contribution in [0.25, 0.3) is 0 Å². The zero-order valence-corrected chi connectivity index (χ0v) is 81.4. The van der Waals surface area contributed by atoms with Gasteiger partial charge in [-0.15, -0.1) is 0 Å². The van der Waals surface area contributed by atoms with Crippen molar-refractivity contribution in [2.45, 2.75) is 295 Å². The van der Waals surface area contributed by atoms with Crippen molar-refractivity contribution in [3.63, 3.8) is 0 Å². The molecule has 26 nitrogen and oxygen atoms in total. The molecule has 4 aromatic carbocycles. The van der Waals surface area contributed by atoms with Gasteiger partial charge in [-0.2, -0.15) is 0 Å². The number of rotatable bonds is 46. The van der Waals surface area contributed by atoms with Crippen LogP contribution < -0.4 is 10.6 Å². The molecule has 0 radical (unpaired) electrons. The molecule has 136 heavy (non-hydrogen) atoms. The molecule has 8 aliphatic rings. The topological polar surface area (TPSA) is 312 Å². The lowest BCUT2D eigenvalue weighted by molar-refractivity contribution is -0.144. The number of nitrogens with zero attached hydrogens (tertiary/aromatic N) is 8. The van der Waals surface area contributed by atoms with Crippen LogP contribution in [0.2, 0.25) is 0 Å². The molecule has 0 unspecified atom stereocenters. The maximum atomic E-state index is 12.3. The van der Waals surface area contributed by atoms with Crippen LogP contribution >= 0.6 is 0 Å². The van der Waals surface area contributed by atoms with Crippen LogP contribution in [0.5, 0.6) is 0 Å². The van der Waals surface area contributed by atoms with Crippen LogP contribution in [-0.2, 0) is 148 Å². The highest BCUT2D eigenvalue weighted by atomic mass is 16.5. The highest BCUT2D eigenvalue weighted by Gasteiger charge is 2.40. The number of fused-ring (bicyclic) bond motifs is 4. The zero-order valence-electron chi connectivity index (χ0n) is 81.4. The van der Waals surface area contributed by atoms with Crippen molar-refractivity contribution in [1.82, 2.24) is 39.5 Å². The first-order valence-electron chi connectivity index (χ1n) is 50.6. The molecule has 2 aliphatic carbocycles. The molecule has 16 rings (SSSR count). The minimum absolute atomic E-state index is 0.0713. The normalized spacial score (nSPS) is 19.1. The first-order valence-corrected chi connectivity index (χ1v) is 50.6. The number of carboxylic acids is 4. The van der Waals surface area contributed by atoms with Gasteiger partial charge in [0.2, 0.25) is 0 Å². The maximum Gasteiger partial charge on any atom is 0.325 e. The Labute approximate surface area is 806 Å². The second kappa shape index (κ2) is 54.7. The van der Waals surface area contributed by atoms with Crippen LogP contribution in [0, 0.1) is 0 Å². The summed E-state index contributed by atoms with van der Waals surface area (Å²) in [6, 6.07) is 45.7. The largest absolute Gasteiger partial charge is 0.480 e. The Morgan fingerprint density at radius 1 is 0.338 bits per heavy atom. The third kappa shape index (κ3) is 31.2. The maximum absolute atomic E-state index is 12.3. The van der Waals surface area contributed by atoms with Gasteiger partial charge in [0.15, 0.2) is 0 Å². The molecule has 8 atom stereocenters. The van der Waals surface area contributed by atoms with E-state index in [0.717, 1.165) is 222 Å². The summed E-state index contributed by atoms with van der Waals surface area (Å²) in [4.78, 5) is 76.2. The van der Waals surface area contributed by atoms with Crippen LogP contribution in [0.1, 0.15) is 268 Å². The summed E-state index contributed by atoms with van der Waals surface area (Å²) >= 11 is 0. The van der Waals surface area contributed by atoms with Crippen molar-refractivity contribution < 1.29 is 77.5 Å². The number of pyridine rings is 4. The lowest BCUT2D eigenvalue weighted by Crippen LogP contribution is -2.34. The number of nitrogens with one attached hydrogen (secondary N) is 2. The van der Waals surface area contributed by atoms with Gasteiger partial charge in [-0.1, -0.05) is 121 Å². The van der Waals surface area contributed by atoms with E-state index in [1.165, 1.54) is 96.4 Å². The van der Waals surface area contributed by atoms with Crippen molar-refractivity contribution in [3.05, 3.63) is 247 Å². The van der Waals surface area contributed by atoms with Crippen LogP contribution in [0.3, 0.4) is 0 Å². The number of aryl methyl sites for hydroxylation is 10. The van der Waals surface area contributed by atoms with E-state index < -0.39 is 48.0 Å². The van der Waals surface area contributed by atoms with E-state index in [1.807, 2.05) is 144 Å². The highest BCUT2D eigenvalue weighted by Crippen LogP contribution is 2.37. The number of ether oxygens (including phenoxy) is 8. The summed E-state index contributed by atoms with van der Waals surface area (Å²) in [5.74, 6) is -1.18. The van der Waals surface area contributed by atoms with Gasteiger partial charge in [-0.25, -0.2) is 9.97 Å². The number of hydrogen-bond donors (Lipinski definition) is 6. The number of carboxylic acid groups (broad SMARTS) is 4. The Bertz CT molecular complexity index is 4750. The number of methoxy groups -OCH3 is 2. The van der Waals surface area contributed by atoms with Gasteiger partial charge in [0.25, 0.3) is 0 Å². The Hall–Kier alpha value is -9.52. The van der Waals surface area contributed by atoms with E-state index in [0.29, 0.717) is 92.1 Å². The monoisotopic (exact) mass is 1870 g/mol. The summed E-state index contributed by atoms with van der Waals surface area (Å²) in [6.07, 6.45) is 30.2. The van der Waals surface area contributed by atoms with E-state index in [4.69, 9.17) is 57.8 Å². The van der Waals surface area contributed by atoms with E-state index in [1.54, 1.807) is 14.2 Å². The lowest BCUT2D eigenvalue weighted by atomic mass is 9.95. The number of carbonyl (C=O) groups is 4. The zero-order chi connectivity index (χ0) is 95.3. The van der Waals surface area contributed by atoms with Gasteiger partial charge in [0.1, 0.15) is 35.8 Å². The van der Waals surface area contributed by atoms with Crippen molar-refractivity contribution in [2.75, 3.05) is 117 Å². The van der Waals surface area contributed by atoms with Gasteiger partial charge in [0.05, 0.1) is 63.1 Å². The number of anilines is 2. The average Bonchev–Trinajstić information content (AvgIpc) is 1.60. The second-order valence-corrected chi connectivity index (χ2v) is 38.2. The summed E-state index contributed by atoms with van der Waals surface area (Å²) < 4.78 is 46.6. The van der Waals surface area contributed by atoms with Crippen LogP contribution in [-0.4, -0.2) is 227 Å². The number of unbranched alkanes of at least 4 members (excludes halogenated alkanes) is 4. The molecule has 6 aliphatic heterocycles. The van der Waals surface area contributed by atoms with Crippen LogP contribution in [0.15, 0.2) is 146 Å². The smallest absolute Gasteiger partial charge is 0.325 e. The Balaban J connectivity index is 0.000000153. The quantitative estimate of drug-likeness (QED) is 0.0193. The number of aliphatic carboxylic acids is 4. The van der Waals surface area contributed by atoms with E-state index >= 15 is 0 Å². The van der Waals surface area contributed by atoms with Crippen molar-refractivity contribution in [1.29, 1.82) is 0 Å². The van der Waals surface area contributed by atoms with Gasteiger partial charge in [-0.3, -0.25) is 48.7 Å². The van der Waals surface area contributed by atoms with Crippen molar-refractivity contribution in [2.24, 2.45) is 0 Å². The predicted molar refractivity (Wildman–Crippen MR) is 528 cm³/mol. The predicted octanol–water partition coefficient (Wildman–Crippen LogP) is 17.9. The number of aromatic nitrogens is 4. The summed E-state index contributed by atoms with van der Waals surface area (Å²) in [7, 11) is 3.27. The fraction of sp³-hybridized carbons (Fsp3) is 0.564. The van der Waals surface area contributed by atoms with Crippen LogP contribution in [0.4, 0.5) is 11.6 Å². The third-order valence-electron chi connectivity index (χ3n) is 27.3. The highest BCUT2D eigenvalue weighted by molar-refractivity contribution is 5.78. The molecule has 8 aromatic rings. The molecule has 4 aromatic heterocycles. The van der Waals surface area contributed by atoms with E-state index in [-0.39, 0.29) is 36.6 Å². The summed E-state index contributed by atoms with van der Waals surface area (Å²) in [5.41, 5.74) is 19.7. The first-order chi connectivity index (χ1) is 66.3. The van der Waals surface area contributed by atoms with E-state index in [2.05, 4.69) is 59.2 Å². The molecule has 0 bridgehead atoms.